The van der Waals surface area contributed by atoms with Gasteiger partial charge >= 0.3 is 12.0 Å². The largest absolute Gasteiger partial charge is 0.493 e. The van der Waals surface area contributed by atoms with Crippen LogP contribution in [0.1, 0.15) is 24.9 Å². The molecule has 0 radical (unpaired) electrons. The van der Waals surface area contributed by atoms with Gasteiger partial charge in [-0.1, -0.05) is 6.07 Å². The summed E-state index contributed by atoms with van der Waals surface area (Å²) in [5.74, 6) is 0.645. The van der Waals surface area contributed by atoms with Crippen LogP contribution in [0.4, 0.5) is 4.79 Å². The first-order chi connectivity index (χ1) is 15.0. The summed E-state index contributed by atoms with van der Waals surface area (Å²) in [4.78, 5) is 30.1. The standard InChI is InChI=1S/C22H32N4O5/c1-5-31-21(27)19-16(14-26-10-6-9-25(2)11-12-26)23-22(28)24-20(19)15-7-8-17(29-3)18(13-15)30-4/h7-8,13,20H,5-6,9-12,14H2,1-4H3,(H2,23,24,28)/t20-/m0/s1. The molecule has 0 spiro atoms. The predicted molar refractivity (Wildman–Crippen MR) is 116 cm³/mol. The van der Waals surface area contributed by atoms with Crippen molar-refractivity contribution in [3.8, 4) is 11.5 Å². The van der Waals surface area contributed by atoms with Crippen molar-refractivity contribution in [3.05, 3.63) is 35.0 Å². The van der Waals surface area contributed by atoms with Crippen LogP contribution < -0.4 is 20.1 Å². The summed E-state index contributed by atoms with van der Waals surface area (Å²) in [5.41, 5.74) is 1.70. The van der Waals surface area contributed by atoms with E-state index >= 15 is 0 Å². The summed E-state index contributed by atoms with van der Waals surface area (Å²) in [6.07, 6.45) is 1.03. The Morgan fingerprint density at radius 3 is 2.61 bits per heavy atom. The number of likely N-dealkylation sites (N-methyl/N-ethyl adjacent to an activating group) is 1. The van der Waals surface area contributed by atoms with Crippen LogP contribution >= 0.6 is 0 Å². The fourth-order valence-corrected chi connectivity index (χ4v) is 3.96. The van der Waals surface area contributed by atoms with Crippen molar-refractivity contribution in [2.45, 2.75) is 19.4 Å². The number of hydrogen-bond donors (Lipinski definition) is 2. The third kappa shape index (κ3) is 5.48. The van der Waals surface area contributed by atoms with E-state index in [9.17, 15) is 9.59 Å². The fourth-order valence-electron chi connectivity index (χ4n) is 3.96. The smallest absolute Gasteiger partial charge is 0.338 e. The lowest BCUT2D eigenvalue weighted by atomic mass is 9.94. The maximum absolute atomic E-state index is 13.0. The maximum atomic E-state index is 13.0. The van der Waals surface area contributed by atoms with Crippen molar-refractivity contribution >= 4 is 12.0 Å². The lowest BCUT2D eigenvalue weighted by Gasteiger charge is -2.32. The van der Waals surface area contributed by atoms with E-state index in [1.807, 2.05) is 6.07 Å². The number of carbonyl (C=O) groups excluding carboxylic acids is 2. The van der Waals surface area contributed by atoms with Crippen LogP contribution in [0.5, 0.6) is 11.5 Å². The van der Waals surface area contributed by atoms with Crippen LogP contribution in [-0.4, -0.2) is 82.4 Å². The van der Waals surface area contributed by atoms with E-state index in [0.29, 0.717) is 34.9 Å². The normalized spacial score (nSPS) is 20.5. The Balaban J connectivity index is 1.99. The summed E-state index contributed by atoms with van der Waals surface area (Å²) in [5, 5.41) is 5.72. The highest BCUT2D eigenvalue weighted by atomic mass is 16.5. The first-order valence-corrected chi connectivity index (χ1v) is 10.6. The molecule has 0 unspecified atom stereocenters. The number of urea groups is 1. The Kier molecular flexibility index (Phi) is 7.75. The average Bonchev–Trinajstić information content (AvgIpc) is 2.96. The number of hydrogen-bond acceptors (Lipinski definition) is 7. The Morgan fingerprint density at radius 2 is 1.90 bits per heavy atom. The van der Waals surface area contributed by atoms with Crippen LogP contribution in [0, 0.1) is 0 Å². The van der Waals surface area contributed by atoms with Gasteiger partial charge in [0.2, 0.25) is 0 Å². The lowest BCUT2D eigenvalue weighted by Crippen LogP contribution is -2.48. The third-order valence-corrected chi connectivity index (χ3v) is 5.58. The number of ether oxygens (including phenoxy) is 3. The van der Waals surface area contributed by atoms with Crippen LogP contribution in [0.15, 0.2) is 29.5 Å². The highest BCUT2D eigenvalue weighted by Gasteiger charge is 2.35. The van der Waals surface area contributed by atoms with Crippen LogP contribution in [0.3, 0.4) is 0 Å². The molecular weight excluding hydrogens is 400 g/mol. The van der Waals surface area contributed by atoms with Gasteiger partial charge in [-0.15, -0.1) is 0 Å². The molecule has 2 N–H and O–H groups in total. The second kappa shape index (κ2) is 10.5. The highest BCUT2D eigenvalue weighted by molar-refractivity contribution is 5.95. The molecule has 2 aliphatic heterocycles. The number of nitrogens with one attached hydrogen (secondary N) is 2. The summed E-state index contributed by atoms with van der Waals surface area (Å²) in [6.45, 7) is 6.21. The Hall–Kier alpha value is -2.78. The molecule has 0 saturated carbocycles. The molecule has 0 bridgehead atoms. The molecule has 9 nitrogen and oxygen atoms in total. The van der Waals surface area contributed by atoms with Crippen molar-refractivity contribution in [3.63, 3.8) is 0 Å². The molecule has 31 heavy (non-hydrogen) atoms. The number of carbonyl (C=O) groups is 2. The molecule has 0 aliphatic carbocycles. The molecule has 1 aromatic carbocycles. The third-order valence-electron chi connectivity index (χ3n) is 5.58. The SMILES string of the molecule is CCOC(=O)C1=C(CN2CCCN(C)CC2)NC(=O)N[C@H]1c1ccc(OC)c(OC)c1. The summed E-state index contributed by atoms with van der Waals surface area (Å²) in [7, 11) is 5.21. The zero-order valence-electron chi connectivity index (χ0n) is 18.7. The van der Waals surface area contributed by atoms with Gasteiger partial charge in [0.15, 0.2) is 11.5 Å². The molecule has 2 amide bonds. The topological polar surface area (TPSA) is 92.4 Å². The second-order valence-electron chi connectivity index (χ2n) is 7.69. The molecule has 170 valence electrons. The molecule has 2 heterocycles. The van der Waals surface area contributed by atoms with Crippen molar-refractivity contribution in [1.82, 2.24) is 20.4 Å². The minimum atomic E-state index is -0.655. The molecule has 3 rings (SSSR count). The molecule has 0 aromatic heterocycles. The predicted octanol–water partition coefficient (Wildman–Crippen LogP) is 1.51. The van der Waals surface area contributed by atoms with Gasteiger partial charge in [-0.05, 0) is 51.2 Å². The van der Waals surface area contributed by atoms with Gasteiger partial charge < -0.3 is 29.7 Å². The van der Waals surface area contributed by atoms with E-state index in [0.717, 1.165) is 32.6 Å². The van der Waals surface area contributed by atoms with Gasteiger partial charge in [0.05, 0.1) is 32.4 Å². The van der Waals surface area contributed by atoms with E-state index < -0.39 is 12.0 Å². The van der Waals surface area contributed by atoms with Gasteiger partial charge in [0.1, 0.15) is 0 Å². The molecule has 1 fully saturated rings. The Labute approximate surface area is 183 Å². The molecule has 1 aromatic rings. The number of rotatable bonds is 7. The average molecular weight is 433 g/mol. The van der Waals surface area contributed by atoms with Gasteiger partial charge in [-0.3, -0.25) is 4.90 Å². The van der Waals surface area contributed by atoms with Crippen molar-refractivity contribution in [1.29, 1.82) is 0 Å². The minimum Gasteiger partial charge on any atom is -0.493 e. The molecule has 1 saturated heterocycles. The Bertz CT molecular complexity index is 841. The zero-order valence-corrected chi connectivity index (χ0v) is 18.7. The fraction of sp³-hybridized carbons (Fsp3) is 0.545. The van der Waals surface area contributed by atoms with Crippen molar-refractivity contribution < 1.29 is 23.8 Å². The van der Waals surface area contributed by atoms with Gasteiger partial charge in [-0.25, -0.2) is 9.59 Å². The van der Waals surface area contributed by atoms with E-state index in [2.05, 4.69) is 27.5 Å². The van der Waals surface area contributed by atoms with Crippen molar-refractivity contribution in [2.24, 2.45) is 0 Å². The lowest BCUT2D eigenvalue weighted by molar-refractivity contribution is -0.139. The number of nitrogens with zero attached hydrogens (tertiary/aromatic N) is 2. The zero-order chi connectivity index (χ0) is 22.4. The van der Waals surface area contributed by atoms with E-state index in [1.54, 1.807) is 33.3 Å². The summed E-state index contributed by atoms with van der Waals surface area (Å²) >= 11 is 0. The number of methoxy groups -OCH3 is 2. The van der Waals surface area contributed by atoms with Gasteiger partial charge in [0, 0.05) is 25.3 Å². The Morgan fingerprint density at radius 1 is 1.13 bits per heavy atom. The summed E-state index contributed by atoms with van der Waals surface area (Å²) in [6, 6.07) is 4.34. The number of esters is 1. The first-order valence-electron chi connectivity index (χ1n) is 10.6. The van der Waals surface area contributed by atoms with Crippen LogP contribution in [0.2, 0.25) is 0 Å². The highest BCUT2D eigenvalue weighted by Crippen LogP contribution is 2.34. The molecule has 2 aliphatic rings. The molecule has 1 atom stereocenters. The maximum Gasteiger partial charge on any atom is 0.338 e. The quantitative estimate of drug-likeness (QED) is 0.631. The first kappa shape index (κ1) is 22.9. The second-order valence-corrected chi connectivity index (χ2v) is 7.69. The molecular formula is C22H32N4O5. The number of benzene rings is 1. The monoisotopic (exact) mass is 432 g/mol. The summed E-state index contributed by atoms with van der Waals surface area (Å²) < 4.78 is 16.1. The van der Waals surface area contributed by atoms with E-state index in [-0.39, 0.29) is 12.6 Å². The number of amides is 2. The van der Waals surface area contributed by atoms with E-state index in [1.165, 1.54) is 0 Å². The van der Waals surface area contributed by atoms with Gasteiger partial charge in [-0.2, -0.15) is 0 Å². The van der Waals surface area contributed by atoms with E-state index in [4.69, 9.17) is 14.2 Å². The van der Waals surface area contributed by atoms with Crippen LogP contribution in [0.25, 0.3) is 0 Å². The molecule has 9 heteroatoms. The minimum absolute atomic E-state index is 0.247. The van der Waals surface area contributed by atoms with Crippen molar-refractivity contribution in [2.75, 3.05) is 60.6 Å². The van der Waals surface area contributed by atoms with Crippen LogP contribution in [-0.2, 0) is 9.53 Å². The van der Waals surface area contributed by atoms with Gasteiger partial charge in [0.25, 0.3) is 0 Å².